The predicted octanol–water partition coefficient (Wildman–Crippen LogP) is 3.96. The highest BCUT2D eigenvalue weighted by atomic mass is 35.5. The molecule has 0 spiro atoms. The van der Waals surface area contributed by atoms with E-state index < -0.39 is 0 Å². The van der Waals surface area contributed by atoms with Gasteiger partial charge in [-0.1, -0.05) is 53.6 Å². The van der Waals surface area contributed by atoms with Crippen molar-refractivity contribution in [3.05, 3.63) is 70.2 Å². The number of carbonyl (C=O) groups excluding carboxylic acids is 3. The molecular weight excluding hydrogens is 400 g/mol. The molecule has 0 saturated carbocycles. The second-order valence-electron chi connectivity index (χ2n) is 7.82. The first-order valence-corrected chi connectivity index (χ1v) is 10.7. The number of aryl methyl sites for hydroxylation is 1. The number of benzene rings is 2. The molecule has 0 aromatic heterocycles. The lowest BCUT2D eigenvalue weighted by Gasteiger charge is -2.32. The maximum absolute atomic E-state index is 12.5. The molecule has 158 valence electrons. The predicted molar refractivity (Wildman–Crippen MR) is 118 cm³/mol. The van der Waals surface area contributed by atoms with E-state index in [1.807, 2.05) is 31.2 Å². The first kappa shape index (κ1) is 22.0. The Labute approximate surface area is 182 Å². The van der Waals surface area contributed by atoms with Gasteiger partial charge >= 0.3 is 0 Å². The van der Waals surface area contributed by atoms with Crippen LogP contribution in [0.25, 0.3) is 0 Å². The third-order valence-electron chi connectivity index (χ3n) is 5.43. The summed E-state index contributed by atoms with van der Waals surface area (Å²) in [5.74, 6) is -0.0279. The van der Waals surface area contributed by atoms with Crippen LogP contribution in [0, 0.1) is 6.92 Å². The van der Waals surface area contributed by atoms with Crippen molar-refractivity contribution in [2.45, 2.75) is 45.1 Å². The summed E-state index contributed by atoms with van der Waals surface area (Å²) >= 11 is 5.87. The highest BCUT2D eigenvalue weighted by Gasteiger charge is 2.24. The van der Waals surface area contributed by atoms with Crippen LogP contribution in [-0.2, 0) is 16.0 Å². The molecule has 0 atom stereocenters. The number of piperidine rings is 1. The van der Waals surface area contributed by atoms with Crippen LogP contribution >= 0.6 is 11.6 Å². The SMILES string of the molecule is Cc1ccc(C(=O)CCC(=O)N2CCC(NC(=O)Cc3ccc(Cl)cc3)CC2)cc1. The zero-order valence-corrected chi connectivity index (χ0v) is 18.0. The Hall–Kier alpha value is -2.66. The fraction of sp³-hybridized carbons (Fsp3) is 0.375. The van der Waals surface area contributed by atoms with Crippen molar-refractivity contribution in [1.29, 1.82) is 0 Å². The van der Waals surface area contributed by atoms with E-state index in [0.717, 1.165) is 24.0 Å². The van der Waals surface area contributed by atoms with E-state index in [9.17, 15) is 14.4 Å². The minimum Gasteiger partial charge on any atom is -0.353 e. The summed E-state index contributed by atoms with van der Waals surface area (Å²) in [5.41, 5.74) is 2.67. The summed E-state index contributed by atoms with van der Waals surface area (Å²) in [5, 5.41) is 3.70. The highest BCUT2D eigenvalue weighted by molar-refractivity contribution is 6.30. The van der Waals surface area contributed by atoms with Crippen LogP contribution in [0.3, 0.4) is 0 Å². The summed E-state index contributed by atoms with van der Waals surface area (Å²) in [6, 6.07) is 14.7. The number of nitrogens with zero attached hydrogens (tertiary/aromatic N) is 1. The summed E-state index contributed by atoms with van der Waals surface area (Å²) in [7, 11) is 0. The number of rotatable bonds is 7. The zero-order chi connectivity index (χ0) is 21.5. The van der Waals surface area contributed by atoms with E-state index in [-0.39, 0.29) is 36.5 Å². The van der Waals surface area contributed by atoms with Crippen molar-refractivity contribution in [3.8, 4) is 0 Å². The first-order valence-electron chi connectivity index (χ1n) is 10.3. The number of amides is 2. The van der Waals surface area contributed by atoms with Gasteiger partial charge in [0.1, 0.15) is 0 Å². The minimum absolute atomic E-state index is 0.00130. The van der Waals surface area contributed by atoms with E-state index in [0.29, 0.717) is 30.1 Å². The van der Waals surface area contributed by atoms with Gasteiger partial charge in [-0.2, -0.15) is 0 Å². The number of likely N-dealkylation sites (tertiary alicyclic amines) is 1. The molecule has 2 aromatic rings. The normalized spacial score (nSPS) is 14.4. The lowest BCUT2D eigenvalue weighted by molar-refractivity contribution is -0.132. The number of hydrogen-bond donors (Lipinski definition) is 1. The molecule has 1 aliphatic heterocycles. The molecule has 30 heavy (non-hydrogen) atoms. The van der Waals surface area contributed by atoms with Gasteiger partial charge in [-0.3, -0.25) is 14.4 Å². The van der Waals surface area contributed by atoms with Gasteiger partial charge in [-0.25, -0.2) is 0 Å². The standard InChI is InChI=1S/C24H27ClN2O3/c1-17-2-6-19(7-3-17)22(28)10-11-24(30)27-14-12-21(13-15-27)26-23(29)16-18-4-8-20(25)9-5-18/h2-9,21H,10-16H2,1H3,(H,26,29). The Bertz CT molecular complexity index is 886. The number of carbonyl (C=O) groups is 3. The van der Waals surface area contributed by atoms with Crippen molar-refractivity contribution < 1.29 is 14.4 Å². The van der Waals surface area contributed by atoms with Crippen LogP contribution < -0.4 is 5.32 Å². The van der Waals surface area contributed by atoms with Crippen molar-refractivity contribution in [2.24, 2.45) is 0 Å². The smallest absolute Gasteiger partial charge is 0.224 e. The second kappa shape index (κ2) is 10.4. The van der Waals surface area contributed by atoms with Crippen LogP contribution in [0.15, 0.2) is 48.5 Å². The van der Waals surface area contributed by atoms with Gasteiger partial charge in [-0.05, 0) is 37.5 Å². The summed E-state index contributed by atoms with van der Waals surface area (Å²) in [6.07, 6.45) is 2.21. The largest absolute Gasteiger partial charge is 0.353 e. The Balaban J connectivity index is 1.38. The molecule has 2 aromatic carbocycles. The number of hydrogen-bond acceptors (Lipinski definition) is 3. The number of ketones is 1. The maximum Gasteiger partial charge on any atom is 0.224 e. The maximum atomic E-state index is 12.5. The summed E-state index contributed by atoms with van der Waals surface area (Å²) < 4.78 is 0. The Morgan fingerprint density at radius 1 is 0.967 bits per heavy atom. The third-order valence-corrected chi connectivity index (χ3v) is 5.68. The zero-order valence-electron chi connectivity index (χ0n) is 17.2. The molecule has 0 bridgehead atoms. The number of nitrogens with one attached hydrogen (secondary N) is 1. The minimum atomic E-state index is -0.0224. The quantitative estimate of drug-likeness (QED) is 0.681. The fourth-order valence-electron chi connectivity index (χ4n) is 3.60. The molecule has 0 aliphatic carbocycles. The van der Waals surface area contributed by atoms with E-state index in [2.05, 4.69) is 5.32 Å². The van der Waals surface area contributed by atoms with E-state index in [4.69, 9.17) is 11.6 Å². The van der Waals surface area contributed by atoms with Crippen molar-refractivity contribution >= 4 is 29.2 Å². The van der Waals surface area contributed by atoms with Gasteiger partial charge in [0.05, 0.1) is 6.42 Å². The molecule has 2 amide bonds. The van der Waals surface area contributed by atoms with Crippen molar-refractivity contribution in [1.82, 2.24) is 10.2 Å². The van der Waals surface area contributed by atoms with E-state index in [1.165, 1.54) is 0 Å². The molecule has 0 radical (unpaired) electrons. The Kier molecular flexibility index (Phi) is 7.63. The molecule has 1 saturated heterocycles. The summed E-state index contributed by atoms with van der Waals surface area (Å²) in [6.45, 7) is 3.18. The van der Waals surface area contributed by atoms with E-state index in [1.54, 1.807) is 29.2 Å². The monoisotopic (exact) mass is 426 g/mol. The topological polar surface area (TPSA) is 66.5 Å². The van der Waals surface area contributed by atoms with Crippen molar-refractivity contribution in [3.63, 3.8) is 0 Å². The molecule has 1 aliphatic rings. The molecule has 1 heterocycles. The number of Topliss-reactive ketones (excluding diaryl/α,β-unsaturated/α-hetero) is 1. The first-order chi connectivity index (χ1) is 14.4. The third kappa shape index (κ3) is 6.42. The Morgan fingerprint density at radius 3 is 2.23 bits per heavy atom. The van der Waals surface area contributed by atoms with Crippen LogP contribution in [-0.4, -0.2) is 41.6 Å². The molecule has 1 N–H and O–H groups in total. The van der Waals surface area contributed by atoms with Gasteiger partial charge in [0.25, 0.3) is 0 Å². The van der Waals surface area contributed by atoms with Gasteiger partial charge in [0.2, 0.25) is 11.8 Å². The fourth-order valence-corrected chi connectivity index (χ4v) is 3.73. The molecule has 3 rings (SSSR count). The lowest BCUT2D eigenvalue weighted by atomic mass is 10.0. The van der Waals surface area contributed by atoms with Crippen LogP contribution in [0.1, 0.15) is 47.2 Å². The van der Waals surface area contributed by atoms with Crippen molar-refractivity contribution in [2.75, 3.05) is 13.1 Å². The molecule has 6 heteroatoms. The molecule has 0 unspecified atom stereocenters. The molecule has 5 nitrogen and oxygen atoms in total. The van der Waals surface area contributed by atoms with E-state index >= 15 is 0 Å². The average Bonchev–Trinajstić information content (AvgIpc) is 2.74. The summed E-state index contributed by atoms with van der Waals surface area (Å²) in [4.78, 5) is 38.8. The molecule has 1 fully saturated rings. The Morgan fingerprint density at radius 2 is 1.60 bits per heavy atom. The van der Waals surface area contributed by atoms with Crippen LogP contribution in [0.5, 0.6) is 0 Å². The molecular formula is C24H27ClN2O3. The lowest BCUT2D eigenvalue weighted by Crippen LogP contribution is -2.46. The van der Waals surface area contributed by atoms with Gasteiger partial charge in [0, 0.05) is 42.6 Å². The average molecular weight is 427 g/mol. The van der Waals surface area contributed by atoms with Gasteiger partial charge in [-0.15, -0.1) is 0 Å². The van der Waals surface area contributed by atoms with Crippen LogP contribution in [0.4, 0.5) is 0 Å². The van der Waals surface area contributed by atoms with Gasteiger partial charge in [0.15, 0.2) is 5.78 Å². The highest BCUT2D eigenvalue weighted by Crippen LogP contribution is 2.15. The number of halogens is 1. The second-order valence-corrected chi connectivity index (χ2v) is 8.25. The van der Waals surface area contributed by atoms with Crippen LogP contribution in [0.2, 0.25) is 5.02 Å². The van der Waals surface area contributed by atoms with Gasteiger partial charge < -0.3 is 10.2 Å².